The van der Waals surface area contributed by atoms with E-state index in [2.05, 4.69) is 12.2 Å². The summed E-state index contributed by atoms with van der Waals surface area (Å²) in [6, 6.07) is 15.5. The Labute approximate surface area is 215 Å². The highest BCUT2D eigenvalue weighted by atomic mass is 32.2. The molecule has 0 aromatic heterocycles. The summed E-state index contributed by atoms with van der Waals surface area (Å²) in [6.07, 6.45) is 11.8. The Hall–Kier alpha value is -2.47. The lowest BCUT2D eigenvalue weighted by atomic mass is 10.1. The first kappa shape index (κ1) is 27.1. The summed E-state index contributed by atoms with van der Waals surface area (Å²) in [7, 11) is 0. The molecule has 0 unspecified atom stereocenters. The van der Waals surface area contributed by atoms with Crippen molar-refractivity contribution in [1.82, 2.24) is 0 Å². The van der Waals surface area contributed by atoms with Crippen LogP contribution in [-0.4, -0.2) is 24.2 Å². The van der Waals surface area contributed by atoms with E-state index in [1.165, 1.54) is 44.9 Å². The first-order chi connectivity index (χ1) is 17.1. The van der Waals surface area contributed by atoms with Gasteiger partial charge < -0.3 is 10.1 Å². The Morgan fingerprint density at radius 2 is 1.54 bits per heavy atom. The van der Waals surface area contributed by atoms with Crippen LogP contribution in [0.4, 0.5) is 11.4 Å². The third-order valence-electron chi connectivity index (χ3n) is 6.28. The molecule has 1 saturated heterocycles. The molecule has 5 nitrogen and oxygen atoms in total. The van der Waals surface area contributed by atoms with Gasteiger partial charge in [0.2, 0.25) is 11.8 Å². The van der Waals surface area contributed by atoms with Crippen molar-refractivity contribution in [2.45, 2.75) is 83.4 Å². The van der Waals surface area contributed by atoms with Gasteiger partial charge in [-0.1, -0.05) is 70.4 Å². The molecule has 3 rings (SSSR count). The number of amides is 2. The number of thioether (sulfide) groups is 1. The first-order valence-electron chi connectivity index (χ1n) is 13.2. The fourth-order valence-corrected chi connectivity index (χ4v) is 5.55. The van der Waals surface area contributed by atoms with Crippen LogP contribution in [0.3, 0.4) is 0 Å². The second-order valence-corrected chi connectivity index (χ2v) is 10.2. The fraction of sp³-hybridized carbons (Fsp3) is 0.517. The molecular formula is C29H40N2O3S. The summed E-state index contributed by atoms with van der Waals surface area (Å²) in [6.45, 7) is 4.81. The largest absolute Gasteiger partial charge is 0.494 e. The fourth-order valence-electron chi connectivity index (χ4n) is 4.37. The summed E-state index contributed by atoms with van der Waals surface area (Å²) in [4.78, 5) is 26.8. The molecule has 2 amide bonds. The lowest BCUT2D eigenvalue weighted by Crippen LogP contribution is -2.27. The number of carbonyl (C=O) groups excluding carboxylic acids is 2. The van der Waals surface area contributed by atoms with E-state index in [1.54, 1.807) is 11.8 Å². The van der Waals surface area contributed by atoms with Crippen molar-refractivity contribution >= 4 is 35.0 Å². The second kappa shape index (κ2) is 14.8. The van der Waals surface area contributed by atoms with Gasteiger partial charge >= 0.3 is 0 Å². The smallest absolute Gasteiger partial charge is 0.238 e. The minimum atomic E-state index is -0.0767. The zero-order valence-electron chi connectivity index (χ0n) is 21.3. The van der Waals surface area contributed by atoms with Gasteiger partial charge in [-0.3, -0.25) is 14.5 Å². The SMILES string of the molecule is CCCCCCCCCCCC(=O)Nc1ccc([C@H]2SCC(=O)N2c2ccc(OCC)cc2)cc1. The van der Waals surface area contributed by atoms with Gasteiger partial charge in [-0.05, 0) is 55.3 Å². The van der Waals surface area contributed by atoms with Crippen LogP contribution in [0.25, 0.3) is 0 Å². The number of hydrogen-bond donors (Lipinski definition) is 1. The van der Waals surface area contributed by atoms with Crippen LogP contribution >= 0.6 is 11.8 Å². The van der Waals surface area contributed by atoms with E-state index < -0.39 is 0 Å². The second-order valence-electron chi connectivity index (χ2n) is 9.10. The van der Waals surface area contributed by atoms with Crippen molar-refractivity contribution in [3.63, 3.8) is 0 Å². The van der Waals surface area contributed by atoms with Gasteiger partial charge in [0, 0.05) is 17.8 Å². The zero-order valence-corrected chi connectivity index (χ0v) is 22.1. The molecule has 1 heterocycles. The molecule has 0 aliphatic carbocycles. The van der Waals surface area contributed by atoms with Crippen LogP contribution in [0.5, 0.6) is 5.75 Å². The van der Waals surface area contributed by atoms with Crippen LogP contribution in [0, 0.1) is 0 Å². The Balaban J connectivity index is 1.44. The summed E-state index contributed by atoms with van der Waals surface area (Å²) in [5.74, 6) is 1.42. The van der Waals surface area contributed by atoms with E-state index in [9.17, 15) is 9.59 Å². The zero-order chi connectivity index (χ0) is 24.9. The number of ether oxygens (including phenoxy) is 1. The standard InChI is InChI=1S/C29H40N2O3S/c1-3-5-6-7-8-9-10-11-12-13-27(32)30-24-16-14-23(15-17-24)29-31(28(33)22-35-29)25-18-20-26(21-19-25)34-4-2/h14-21,29H,3-13,22H2,1-2H3,(H,30,32)/t29-/m1/s1. The van der Waals surface area contributed by atoms with Gasteiger partial charge in [0.05, 0.1) is 12.4 Å². The number of unbranched alkanes of at least 4 members (excludes halogenated alkanes) is 8. The molecule has 1 fully saturated rings. The van der Waals surface area contributed by atoms with Gasteiger partial charge in [0.25, 0.3) is 0 Å². The molecule has 0 bridgehead atoms. The first-order valence-corrected chi connectivity index (χ1v) is 14.2. The predicted molar refractivity (Wildman–Crippen MR) is 147 cm³/mol. The lowest BCUT2D eigenvalue weighted by Gasteiger charge is -2.24. The van der Waals surface area contributed by atoms with E-state index in [4.69, 9.17) is 4.74 Å². The van der Waals surface area contributed by atoms with Crippen molar-refractivity contribution in [2.24, 2.45) is 0 Å². The van der Waals surface area contributed by atoms with Gasteiger partial charge in [-0.25, -0.2) is 0 Å². The Kier molecular flexibility index (Phi) is 11.5. The molecule has 0 saturated carbocycles. The summed E-state index contributed by atoms with van der Waals surface area (Å²) < 4.78 is 5.52. The molecule has 1 N–H and O–H groups in total. The van der Waals surface area contributed by atoms with Crippen LogP contribution < -0.4 is 15.0 Å². The van der Waals surface area contributed by atoms with Crippen LogP contribution in [0.15, 0.2) is 48.5 Å². The highest BCUT2D eigenvalue weighted by molar-refractivity contribution is 8.00. The normalized spacial score (nSPS) is 15.4. The van der Waals surface area contributed by atoms with Crippen LogP contribution in [0.2, 0.25) is 0 Å². The molecule has 2 aromatic rings. The number of nitrogens with zero attached hydrogens (tertiary/aromatic N) is 1. The maximum Gasteiger partial charge on any atom is 0.238 e. The highest BCUT2D eigenvalue weighted by Crippen LogP contribution is 2.42. The quantitative estimate of drug-likeness (QED) is 0.256. The molecule has 2 aromatic carbocycles. The number of rotatable bonds is 15. The Morgan fingerprint density at radius 1 is 0.914 bits per heavy atom. The maximum absolute atomic E-state index is 12.6. The van der Waals surface area contributed by atoms with Crippen LogP contribution in [0.1, 0.15) is 89.0 Å². The summed E-state index contributed by atoms with van der Waals surface area (Å²) in [5.41, 5.74) is 2.72. The van der Waals surface area contributed by atoms with E-state index in [1.807, 2.05) is 60.4 Å². The average Bonchev–Trinajstić information content (AvgIpc) is 3.25. The predicted octanol–water partition coefficient (Wildman–Crippen LogP) is 7.72. The van der Waals surface area contributed by atoms with Gasteiger partial charge in [-0.15, -0.1) is 11.8 Å². The van der Waals surface area contributed by atoms with E-state index in [-0.39, 0.29) is 17.2 Å². The number of nitrogens with one attached hydrogen (secondary N) is 1. The lowest BCUT2D eigenvalue weighted by molar-refractivity contribution is -0.116. The topological polar surface area (TPSA) is 58.6 Å². The minimum Gasteiger partial charge on any atom is -0.494 e. The number of benzene rings is 2. The minimum absolute atomic E-state index is 0.0714. The van der Waals surface area contributed by atoms with E-state index in [0.29, 0.717) is 18.8 Å². The molecule has 6 heteroatoms. The van der Waals surface area contributed by atoms with Crippen LogP contribution in [-0.2, 0) is 9.59 Å². The van der Waals surface area contributed by atoms with Crippen molar-refractivity contribution in [3.8, 4) is 5.75 Å². The molecule has 0 spiro atoms. The number of anilines is 2. The highest BCUT2D eigenvalue weighted by Gasteiger charge is 2.34. The van der Waals surface area contributed by atoms with Gasteiger partial charge in [-0.2, -0.15) is 0 Å². The van der Waals surface area contributed by atoms with Crippen molar-refractivity contribution in [2.75, 3.05) is 22.6 Å². The van der Waals surface area contributed by atoms with E-state index >= 15 is 0 Å². The monoisotopic (exact) mass is 496 g/mol. The summed E-state index contributed by atoms with van der Waals surface area (Å²) >= 11 is 1.62. The third-order valence-corrected chi connectivity index (χ3v) is 7.49. The van der Waals surface area contributed by atoms with Crippen molar-refractivity contribution in [3.05, 3.63) is 54.1 Å². The molecule has 1 aliphatic rings. The maximum atomic E-state index is 12.6. The molecule has 1 aliphatic heterocycles. The Bertz CT molecular complexity index is 915. The average molecular weight is 497 g/mol. The van der Waals surface area contributed by atoms with Crippen molar-refractivity contribution in [1.29, 1.82) is 0 Å². The summed E-state index contributed by atoms with van der Waals surface area (Å²) in [5, 5.41) is 2.94. The van der Waals surface area contributed by atoms with Gasteiger partial charge in [0.15, 0.2) is 0 Å². The van der Waals surface area contributed by atoms with E-state index in [0.717, 1.165) is 35.5 Å². The number of carbonyl (C=O) groups is 2. The number of hydrogen-bond acceptors (Lipinski definition) is 4. The van der Waals surface area contributed by atoms with Gasteiger partial charge in [0.1, 0.15) is 11.1 Å². The molecule has 0 radical (unpaired) electrons. The molecule has 190 valence electrons. The Morgan fingerprint density at radius 3 is 2.17 bits per heavy atom. The molecule has 1 atom stereocenters. The third kappa shape index (κ3) is 8.60. The molecule has 35 heavy (non-hydrogen) atoms. The van der Waals surface area contributed by atoms with Crippen molar-refractivity contribution < 1.29 is 14.3 Å². The molecular weight excluding hydrogens is 456 g/mol.